The second-order valence-corrected chi connectivity index (χ2v) is 13.3. The number of unbranched alkanes of at least 4 members (excludes halogenated alkanes) is 30. The fourth-order valence-electron chi connectivity index (χ4n) is 6.17. The SMILES string of the molecule is CCCCCCCCCCCCCCCCCCN(CCCCCCCCCCCCCCCCCC)C(=O)C(N)=O. The lowest BCUT2D eigenvalue weighted by Gasteiger charge is -2.21. The summed E-state index contributed by atoms with van der Waals surface area (Å²) in [6.07, 6.45) is 42.9. The number of nitrogens with two attached hydrogens (primary N) is 1. The summed E-state index contributed by atoms with van der Waals surface area (Å²) in [5.74, 6) is -1.29. The average Bonchev–Trinajstić information content (AvgIpc) is 2.99. The minimum atomic E-state index is -0.803. The van der Waals surface area contributed by atoms with Crippen molar-refractivity contribution in [3.8, 4) is 0 Å². The Morgan fingerprint density at radius 1 is 0.357 bits per heavy atom. The van der Waals surface area contributed by atoms with Crippen molar-refractivity contribution in [2.75, 3.05) is 13.1 Å². The number of nitrogens with zero attached hydrogens (tertiary/aromatic N) is 1. The summed E-state index contributed by atoms with van der Waals surface area (Å²) in [4.78, 5) is 25.5. The van der Waals surface area contributed by atoms with Crippen molar-refractivity contribution in [2.45, 2.75) is 219 Å². The Kier molecular flexibility index (Phi) is 33.6. The zero-order chi connectivity index (χ0) is 30.8. The van der Waals surface area contributed by atoms with Crippen LogP contribution in [0.3, 0.4) is 0 Å². The molecule has 42 heavy (non-hydrogen) atoms. The number of primary amides is 1. The van der Waals surface area contributed by atoms with E-state index < -0.39 is 11.8 Å². The average molecular weight is 593 g/mol. The molecule has 4 heteroatoms. The van der Waals surface area contributed by atoms with Gasteiger partial charge >= 0.3 is 11.8 Å². The van der Waals surface area contributed by atoms with E-state index >= 15 is 0 Å². The van der Waals surface area contributed by atoms with Crippen LogP contribution in [-0.4, -0.2) is 29.8 Å². The topological polar surface area (TPSA) is 63.4 Å². The first kappa shape index (κ1) is 40.9. The van der Waals surface area contributed by atoms with E-state index in [0.29, 0.717) is 13.1 Å². The molecule has 0 aliphatic heterocycles. The van der Waals surface area contributed by atoms with Crippen molar-refractivity contribution in [1.82, 2.24) is 4.90 Å². The summed E-state index contributed by atoms with van der Waals surface area (Å²) in [6, 6.07) is 0. The van der Waals surface area contributed by atoms with Gasteiger partial charge in [0.15, 0.2) is 0 Å². The second kappa shape index (κ2) is 34.4. The number of hydrogen-bond acceptors (Lipinski definition) is 2. The molecule has 0 saturated carbocycles. The molecule has 0 aromatic rings. The van der Waals surface area contributed by atoms with Crippen LogP contribution in [0.15, 0.2) is 0 Å². The van der Waals surface area contributed by atoms with Crippen LogP contribution in [0.2, 0.25) is 0 Å². The van der Waals surface area contributed by atoms with Gasteiger partial charge in [0.1, 0.15) is 0 Å². The minimum Gasteiger partial charge on any atom is -0.361 e. The van der Waals surface area contributed by atoms with Gasteiger partial charge in [0.2, 0.25) is 0 Å². The Morgan fingerprint density at radius 3 is 0.738 bits per heavy atom. The van der Waals surface area contributed by atoms with Gasteiger partial charge in [-0.2, -0.15) is 0 Å². The fourth-order valence-corrected chi connectivity index (χ4v) is 6.17. The van der Waals surface area contributed by atoms with Crippen LogP contribution in [0, 0.1) is 0 Å². The molecule has 0 heterocycles. The highest BCUT2D eigenvalue weighted by Crippen LogP contribution is 2.16. The summed E-state index contributed by atoms with van der Waals surface area (Å²) >= 11 is 0. The first-order valence-electron chi connectivity index (χ1n) is 19.2. The van der Waals surface area contributed by atoms with Gasteiger partial charge in [0, 0.05) is 13.1 Å². The first-order valence-corrected chi connectivity index (χ1v) is 19.2. The van der Waals surface area contributed by atoms with Crippen LogP contribution >= 0.6 is 0 Å². The minimum absolute atomic E-state index is 0.489. The molecule has 250 valence electrons. The first-order chi connectivity index (χ1) is 20.6. The summed E-state index contributed by atoms with van der Waals surface area (Å²) in [7, 11) is 0. The van der Waals surface area contributed by atoms with Crippen LogP contribution in [-0.2, 0) is 9.59 Å². The summed E-state index contributed by atoms with van der Waals surface area (Å²) in [5, 5.41) is 0. The molecule has 0 rings (SSSR count). The van der Waals surface area contributed by atoms with Crippen LogP contribution in [0.1, 0.15) is 219 Å². The van der Waals surface area contributed by atoms with Crippen molar-refractivity contribution in [2.24, 2.45) is 5.73 Å². The lowest BCUT2D eigenvalue weighted by Crippen LogP contribution is -2.41. The highest BCUT2D eigenvalue weighted by Gasteiger charge is 2.18. The molecule has 0 fully saturated rings. The summed E-state index contributed by atoms with van der Waals surface area (Å²) in [5.41, 5.74) is 5.33. The van der Waals surface area contributed by atoms with Gasteiger partial charge in [0.05, 0.1) is 0 Å². The van der Waals surface area contributed by atoms with E-state index in [4.69, 9.17) is 5.73 Å². The third-order valence-electron chi connectivity index (χ3n) is 9.06. The maximum atomic E-state index is 12.3. The number of carbonyl (C=O) groups excluding carboxylic acids is 2. The third-order valence-corrected chi connectivity index (χ3v) is 9.06. The molecular weight excluding hydrogens is 516 g/mol. The van der Waals surface area contributed by atoms with Crippen molar-refractivity contribution in [3.05, 3.63) is 0 Å². The molecule has 4 nitrogen and oxygen atoms in total. The van der Waals surface area contributed by atoms with Crippen molar-refractivity contribution in [1.29, 1.82) is 0 Å². The molecule has 0 aromatic heterocycles. The largest absolute Gasteiger partial charge is 0.361 e. The molecule has 2 amide bonds. The Morgan fingerprint density at radius 2 is 0.548 bits per heavy atom. The van der Waals surface area contributed by atoms with Gasteiger partial charge in [-0.05, 0) is 12.8 Å². The number of carbonyl (C=O) groups is 2. The van der Waals surface area contributed by atoms with E-state index in [9.17, 15) is 9.59 Å². The maximum absolute atomic E-state index is 12.3. The van der Waals surface area contributed by atoms with E-state index in [2.05, 4.69) is 13.8 Å². The predicted molar refractivity (Wildman–Crippen MR) is 185 cm³/mol. The predicted octanol–water partition coefficient (Wildman–Crippen LogP) is 11.8. The third kappa shape index (κ3) is 30.4. The number of rotatable bonds is 34. The fraction of sp³-hybridized carbons (Fsp3) is 0.947. The molecule has 0 aliphatic carbocycles. The van der Waals surface area contributed by atoms with Crippen molar-refractivity contribution >= 4 is 11.8 Å². The zero-order valence-electron chi connectivity index (χ0n) is 28.9. The Balaban J connectivity index is 3.59. The molecular formula is C38H76N2O2. The highest BCUT2D eigenvalue weighted by molar-refractivity contribution is 6.34. The normalized spacial score (nSPS) is 11.3. The lowest BCUT2D eigenvalue weighted by molar-refractivity contribution is -0.144. The van der Waals surface area contributed by atoms with E-state index in [0.717, 1.165) is 25.7 Å². The lowest BCUT2D eigenvalue weighted by atomic mass is 10.0. The highest BCUT2D eigenvalue weighted by atomic mass is 16.2. The smallest absolute Gasteiger partial charge is 0.311 e. The van der Waals surface area contributed by atoms with Crippen molar-refractivity contribution in [3.63, 3.8) is 0 Å². The molecule has 0 aromatic carbocycles. The van der Waals surface area contributed by atoms with E-state index in [1.54, 1.807) is 4.90 Å². The molecule has 2 N–H and O–H groups in total. The van der Waals surface area contributed by atoms with Gasteiger partial charge in [-0.1, -0.05) is 206 Å². The Labute approximate surface area is 264 Å². The quantitative estimate of drug-likeness (QED) is 0.0596. The Hall–Kier alpha value is -1.06. The van der Waals surface area contributed by atoms with Gasteiger partial charge in [0.25, 0.3) is 0 Å². The van der Waals surface area contributed by atoms with Gasteiger partial charge in [-0.15, -0.1) is 0 Å². The van der Waals surface area contributed by atoms with Crippen LogP contribution < -0.4 is 5.73 Å². The Bertz CT molecular complexity index is 529. The molecule has 0 spiro atoms. The van der Waals surface area contributed by atoms with Gasteiger partial charge < -0.3 is 10.6 Å². The van der Waals surface area contributed by atoms with Crippen molar-refractivity contribution < 1.29 is 9.59 Å². The summed E-state index contributed by atoms with van der Waals surface area (Å²) < 4.78 is 0. The molecule has 0 bridgehead atoms. The molecule has 0 radical (unpaired) electrons. The zero-order valence-corrected chi connectivity index (χ0v) is 28.9. The summed E-state index contributed by atoms with van der Waals surface area (Å²) in [6.45, 7) is 5.93. The van der Waals surface area contributed by atoms with E-state index in [1.807, 2.05) is 0 Å². The molecule has 0 atom stereocenters. The molecule has 0 aliphatic rings. The standard InChI is InChI=1S/C38H76N2O2/c1-3-5-7-9-11-13-15-17-19-21-23-25-27-29-31-33-35-40(38(42)37(39)41)36-34-32-30-28-26-24-22-20-18-16-14-12-10-8-6-4-2/h3-36H2,1-2H3,(H2,39,41). The molecule has 0 unspecified atom stereocenters. The number of amides is 2. The second-order valence-electron chi connectivity index (χ2n) is 13.3. The maximum Gasteiger partial charge on any atom is 0.311 e. The number of hydrogen-bond donors (Lipinski definition) is 1. The molecule has 0 saturated heterocycles. The van der Waals surface area contributed by atoms with Gasteiger partial charge in [-0.25, -0.2) is 0 Å². The van der Waals surface area contributed by atoms with E-state index in [-0.39, 0.29) is 0 Å². The van der Waals surface area contributed by atoms with E-state index in [1.165, 1.54) is 180 Å². The van der Waals surface area contributed by atoms with Crippen LogP contribution in [0.5, 0.6) is 0 Å². The van der Waals surface area contributed by atoms with Crippen LogP contribution in [0.25, 0.3) is 0 Å². The monoisotopic (exact) mass is 593 g/mol. The van der Waals surface area contributed by atoms with Gasteiger partial charge in [-0.3, -0.25) is 9.59 Å². The van der Waals surface area contributed by atoms with Crippen LogP contribution in [0.4, 0.5) is 0 Å².